The molecule has 0 spiro atoms. The van der Waals surface area contributed by atoms with Gasteiger partial charge in [0.1, 0.15) is 0 Å². The zero-order chi connectivity index (χ0) is 20.8. The number of halogens is 1. The van der Waals surface area contributed by atoms with Crippen molar-refractivity contribution in [3.8, 4) is 0 Å². The minimum absolute atomic E-state index is 0.703. The van der Waals surface area contributed by atoms with Crippen molar-refractivity contribution in [3.63, 3.8) is 0 Å². The highest BCUT2D eigenvalue weighted by Gasteiger charge is 2.18. The molecule has 1 fully saturated rings. The summed E-state index contributed by atoms with van der Waals surface area (Å²) < 4.78 is 0. The van der Waals surface area contributed by atoms with E-state index in [1.54, 1.807) is 0 Å². The number of thiocarbonyl (C=S) groups is 1. The fourth-order valence-electron chi connectivity index (χ4n) is 3.70. The molecule has 1 aliphatic rings. The van der Waals surface area contributed by atoms with Gasteiger partial charge in [-0.05, 0) is 55.0 Å². The SMILES string of the molecule is S=C(NCCCNc1ccnc2cc(Cl)ccc12)N1CCN(c2ccccc2)CC1. The molecule has 0 atom stereocenters. The van der Waals surface area contributed by atoms with Crippen LogP contribution in [0.3, 0.4) is 0 Å². The van der Waals surface area contributed by atoms with Gasteiger partial charge in [0.25, 0.3) is 0 Å². The fourth-order valence-corrected chi connectivity index (χ4v) is 4.15. The summed E-state index contributed by atoms with van der Waals surface area (Å²) in [7, 11) is 0. The van der Waals surface area contributed by atoms with Crippen molar-refractivity contribution in [2.45, 2.75) is 6.42 Å². The summed E-state index contributed by atoms with van der Waals surface area (Å²) in [6, 6.07) is 18.4. The maximum Gasteiger partial charge on any atom is 0.169 e. The Hall–Kier alpha value is -2.57. The zero-order valence-electron chi connectivity index (χ0n) is 16.9. The summed E-state index contributed by atoms with van der Waals surface area (Å²) in [6.07, 6.45) is 2.78. The third-order valence-corrected chi connectivity index (χ3v) is 5.98. The van der Waals surface area contributed by atoms with Crippen molar-refractivity contribution in [1.82, 2.24) is 15.2 Å². The molecule has 4 rings (SSSR count). The molecule has 0 unspecified atom stereocenters. The van der Waals surface area contributed by atoms with E-state index in [9.17, 15) is 0 Å². The molecule has 0 amide bonds. The number of para-hydroxylation sites is 1. The van der Waals surface area contributed by atoms with E-state index in [-0.39, 0.29) is 0 Å². The van der Waals surface area contributed by atoms with Crippen molar-refractivity contribution in [2.24, 2.45) is 0 Å². The molecule has 2 heterocycles. The van der Waals surface area contributed by atoms with Crippen molar-refractivity contribution >= 4 is 51.2 Å². The molecule has 3 aromatic rings. The van der Waals surface area contributed by atoms with Gasteiger partial charge < -0.3 is 20.4 Å². The lowest BCUT2D eigenvalue weighted by Gasteiger charge is -2.37. The zero-order valence-corrected chi connectivity index (χ0v) is 18.4. The fraction of sp³-hybridized carbons (Fsp3) is 0.304. The van der Waals surface area contributed by atoms with Gasteiger partial charge >= 0.3 is 0 Å². The van der Waals surface area contributed by atoms with Crippen LogP contribution in [-0.4, -0.2) is 54.3 Å². The first-order valence-corrected chi connectivity index (χ1v) is 11.1. The Bertz CT molecular complexity index is 989. The van der Waals surface area contributed by atoms with Crippen LogP contribution in [0.4, 0.5) is 11.4 Å². The molecule has 1 saturated heterocycles. The number of aromatic nitrogens is 1. The van der Waals surface area contributed by atoms with Crippen LogP contribution in [0.1, 0.15) is 6.42 Å². The molecule has 0 radical (unpaired) electrons. The Morgan fingerprint density at radius 3 is 2.60 bits per heavy atom. The van der Waals surface area contributed by atoms with Crippen molar-refractivity contribution in [1.29, 1.82) is 0 Å². The summed E-state index contributed by atoms with van der Waals surface area (Å²) in [5.41, 5.74) is 3.27. The lowest BCUT2D eigenvalue weighted by Crippen LogP contribution is -2.52. The molecule has 2 N–H and O–H groups in total. The largest absolute Gasteiger partial charge is 0.384 e. The maximum atomic E-state index is 6.06. The Balaban J connectivity index is 1.18. The highest BCUT2D eigenvalue weighted by molar-refractivity contribution is 7.80. The Kier molecular flexibility index (Phi) is 6.87. The van der Waals surface area contributed by atoms with E-state index in [4.69, 9.17) is 23.8 Å². The monoisotopic (exact) mass is 439 g/mol. The van der Waals surface area contributed by atoms with Crippen LogP contribution in [0.15, 0.2) is 60.8 Å². The number of fused-ring (bicyclic) bond motifs is 1. The lowest BCUT2D eigenvalue weighted by atomic mass is 10.2. The molecular weight excluding hydrogens is 414 g/mol. The van der Waals surface area contributed by atoms with Crippen LogP contribution in [0.25, 0.3) is 10.9 Å². The quantitative estimate of drug-likeness (QED) is 0.438. The summed E-state index contributed by atoms with van der Waals surface area (Å²) in [4.78, 5) is 9.06. The maximum absolute atomic E-state index is 6.06. The molecule has 2 aromatic carbocycles. The number of benzene rings is 2. The van der Waals surface area contributed by atoms with E-state index in [0.717, 1.165) is 67.4 Å². The van der Waals surface area contributed by atoms with Gasteiger partial charge in [0.05, 0.1) is 5.52 Å². The van der Waals surface area contributed by atoms with Gasteiger partial charge in [-0.2, -0.15) is 0 Å². The van der Waals surface area contributed by atoms with Crippen LogP contribution in [0, 0.1) is 0 Å². The van der Waals surface area contributed by atoms with Crippen molar-refractivity contribution in [2.75, 3.05) is 49.5 Å². The van der Waals surface area contributed by atoms with E-state index >= 15 is 0 Å². The van der Waals surface area contributed by atoms with E-state index in [1.165, 1.54) is 5.69 Å². The first kappa shape index (κ1) is 20.7. The number of pyridine rings is 1. The smallest absolute Gasteiger partial charge is 0.169 e. The summed E-state index contributed by atoms with van der Waals surface area (Å²) in [5.74, 6) is 0. The minimum atomic E-state index is 0.703. The molecule has 0 aliphatic carbocycles. The number of nitrogens with zero attached hydrogens (tertiary/aromatic N) is 3. The van der Waals surface area contributed by atoms with Crippen LogP contribution in [-0.2, 0) is 0 Å². The van der Waals surface area contributed by atoms with Crippen molar-refractivity contribution < 1.29 is 0 Å². The number of piperazine rings is 1. The van der Waals surface area contributed by atoms with E-state index in [2.05, 4.69) is 55.7 Å². The predicted molar refractivity (Wildman–Crippen MR) is 131 cm³/mol. The van der Waals surface area contributed by atoms with E-state index in [0.29, 0.717) is 5.02 Å². The summed E-state index contributed by atoms with van der Waals surface area (Å²) >= 11 is 11.7. The second-order valence-electron chi connectivity index (χ2n) is 7.34. The average Bonchev–Trinajstić information content (AvgIpc) is 2.79. The summed E-state index contributed by atoms with van der Waals surface area (Å²) in [6.45, 7) is 5.59. The molecular formula is C23H26ClN5S. The number of anilines is 2. The van der Waals surface area contributed by atoms with E-state index in [1.807, 2.05) is 30.5 Å². The third-order valence-electron chi connectivity index (χ3n) is 5.34. The highest BCUT2D eigenvalue weighted by atomic mass is 35.5. The molecule has 5 nitrogen and oxygen atoms in total. The number of rotatable bonds is 6. The van der Waals surface area contributed by atoms with Gasteiger partial charge in [0.2, 0.25) is 0 Å². The minimum Gasteiger partial charge on any atom is -0.384 e. The molecule has 0 saturated carbocycles. The lowest BCUT2D eigenvalue weighted by molar-refractivity contribution is 0.380. The topological polar surface area (TPSA) is 43.4 Å². The number of hydrogen-bond donors (Lipinski definition) is 2. The molecule has 1 aliphatic heterocycles. The highest BCUT2D eigenvalue weighted by Crippen LogP contribution is 2.24. The van der Waals surface area contributed by atoms with Crippen LogP contribution in [0.2, 0.25) is 5.02 Å². The van der Waals surface area contributed by atoms with Crippen LogP contribution < -0.4 is 15.5 Å². The van der Waals surface area contributed by atoms with Gasteiger partial charge in [-0.15, -0.1) is 0 Å². The van der Waals surface area contributed by atoms with Crippen molar-refractivity contribution in [3.05, 3.63) is 65.8 Å². The molecule has 7 heteroatoms. The second kappa shape index (κ2) is 9.96. The molecule has 30 heavy (non-hydrogen) atoms. The molecule has 156 valence electrons. The first-order chi connectivity index (χ1) is 14.7. The number of nitrogens with one attached hydrogen (secondary N) is 2. The first-order valence-electron chi connectivity index (χ1n) is 10.3. The Labute approximate surface area is 188 Å². The van der Waals surface area contributed by atoms with E-state index < -0.39 is 0 Å². The second-order valence-corrected chi connectivity index (χ2v) is 8.17. The van der Waals surface area contributed by atoms with Crippen LogP contribution in [0.5, 0.6) is 0 Å². The molecule has 1 aromatic heterocycles. The van der Waals surface area contributed by atoms with Gasteiger partial charge in [-0.1, -0.05) is 29.8 Å². The van der Waals surface area contributed by atoms with Gasteiger partial charge in [-0.3, -0.25) is 4.98 Å². The van der Waals surface area contributed by atoms with Crippen LogP contribution >= 0.6 is 23.8 Å². The Morgan fingerprint density at radius 1 is 1.00 bits per heavy atom. The van der Waals surface area contributed by atoms with Gasteiger partial charge in [0, 0.05) is 67.2 Å². The Morgan fingerprint density at radius 2 is 1.80 bits per heavy atom. The standard InChI is InChI=1S/C23H26ClN5S/c24-18-7-8-20-21(9-12-26-22(20)17-18)25-10-4-11-27-23(30)29-15-13-28(14-16-29)19-5-2-1-3-6-19/h1-3,5-9,12,17H,4,10-11,13-16H2,(H,25,26)(H,27,30). The third kappa shape index (κ3) is 5.12. The average molecular weight is 440 g/mol. The summed E-state index contributed by atoms with van der Waals surface area (Å²) in [5, 5.41) is 9.55. The predicted octanol–water partition coefficient (Wildman–Crippen LogP) is 4.39. The molecule has 0 bridgehead atoms. The van der Waals surface area contributed by atoms with Gasteiger partial charge in [-0.25, -0.2) is 0 Å². The van der Waals surface area contributed by atoms with Gasteiger partial charge in [0.15, 0.2) is 5.11 Å². The normalized spacial score (nSPS) is 14.0. The number of hydrogen-bond acceptors (Lipinski definition) is 4.